The second-order valence-corrected chi connectivity index (χ2v) is 5.68. The molecule has 11 nitrogen and oxygen atoms in total. The predicted octanol–water partition coefficient (Wildman–Crippen LogP) is -0.367. The SMILES string of the molecule is CC(=O)OC[C@H](OC(C)=O)[C@@H]1O[C@@H](OC(C)=O)[C@@H](OC(C)=O)[C@H]1OC(C)=O. The molecule has 1 aliphatic rings. The van der Waals surface area contributed by atoms with E-state index in [1.54, 1.807) is 0 Å². The molecule has 0 aromatic rings. The topological polar surface area (TPSA) is 141 Å². The van der Waals surface area contributed by atoms with Gasteiger partial charge >= 0.3 is 29.8 Å². The van der Waals surface area contributed by atoms with Crippen LogP contribution < -0.4 is 0 Å². The monoisotopic (exact) mass is 390 g/mol. The van der Waals surface area contributed by atoms with E-state index < -0.39 is 67.2 Å². The highest BCUT2D eigenvalue weighted by Crippen LogP contribution is 2.31. The molecule has 0 amide bonds. The quantitative estimate of drug-likeness (QED) is 0.415. The maximum atomic E-state index is 11.5. The van der Waals surface area contributed by atoms with Gasteiger partial charge in [0.2, 0.25) is 12.4 Å². The Morgan fingerprint density at radius 2 is 1.26 bits per heavy atom. The third kappa shape index (κ3) is 7.21. The van der Waals surface area contributed by atoms with E-state index in [9.17, 15) is 24.0 Å². The number of carbonyl (C=O) groups excluding carboxylic acids is 5. The van der Waals surface area contributed by atoms with E-state index in [1.165, 1.54) is 0 Å². The number of ether oxygens (including phenoxy) is 6. The van der Waals surface area contributed by atoms with Gasteiger partial charge in [0.15, 0.2) is 12.2 Å². The van der Waals surface area contributed by atoms with Gasteiger partial charge in [-0.25, -0.2) is 0 Å². The fourth-order valence-electron chi connectivity index (χ4n) is 2.46. The Bertz CT molecular complexity index is 599. The van der Waals surface area contributed by atoms with Gasteiger partial charge in [0.1, 0.15) is 12.7 Å². The van der Waals surface area contributed by atoms with E-state index in [0.717, 1.165) is 34.6 Å². The van der Waals surface area contributed by atoms with Crippen molar-refractivity contribution in [3.63, 3.8) is 0 Å². The highest BCUT2D eigenvalue weighted by atomic mass is 16.8. The molecule has 27 heavy (non-hydrogen) atoms. The zero-order valence-corrected chi connectivity index (χ0v) is 15.6. The fourth-order valence-corrected chi connectivity index (χ4v) is 2.46. The van der Waals surface area contributed by atoms with E-state index in [4.69, 9.17) is 28.4 Å². The van der Waals surface area contributed by atoms with E-state index in [2.05, 4.69) is 0 Å². The second kappa shape index (κ2) is 9.86. The Balaban J connectivity index is 3.20. The van der Waals surface area contributed by atoms with Crippen molar-refractivity contribution in [2.45, 2.75) is 65.3 Å². The molecule has 0 aromatic heterocycles. The van der Waals surface area contributed by atoms with Gasteiger partial charge in [-0.15, -0.1) is 0 Å². The van der Waals surface area contributed by atoms with Crippen molar-refractivity contribution < 1.29 is 52.4 Å². The van der Waals surface area contributed by atoms with Gasteiger partial charge in [0.05, 0.1) is 0 Å². The first-order valence-corrected chi connectivity index (χ1v) is 7.99. The van der Waals surface area contributed by atoms with Gasteiger partial charge in [0.25, 0.3) is 0 Å². The highest BCUT2D eigenvalue weighted by Gasteiger charge is 2.55. The van der Waals surface area contributed by atoms with Crippen molar-refractivity contribution in [1.29, 1.82) is 0 Å². The Hall–Kier alpha value is -2.69. The van der Waals surface area contributed by atoms with Crippen molar-refractivity contribution >= 4 is 29.8 Å². The summed E-state index contributed by atoms with van der Waals surface area (Å²) < 4.78 is 30.7. The van der Waals surface area contributed by atoms with Crippen LogP contribution in [0.4, 0.5) is 0 Å². The average molecular weight is 390 g/mol. The van der Waals surface area contributed by atoms with Crippen LogP contribution in [0.1, 0.15) is 34.6 Å². The molecule has 1 heterocycles. The Morgan fingerprint density at radius 1 is 0.741 bits per heavy atom. The summed E-state index contributed by atoms with van der Waals surface area (Å²) in [6, 6.07) is 0. The van der Waals surface area contributed by atoms with Gasteiger partial charge in [0, 0.05) is 34.6 Å². The molecule has 1 saturated heterocycles. The molecule has 0 aromatic carbocycles. The number of hydrogen-bond donors (Lipinski definition) is 0. The maximum absolute atomic E-state index is 11.5. The zero-order valence-electron chi connectivity index (χ0n) is 15.6. The first kappa shape index (κ1) is 22.4. The summed E-state index contributed by atoms with van der Waals surface area (Å²) >= 11 is 0. The molecule has 152 valence electrons. The number of rotatable bonds is 7. The van der Waals surface area contributed by atoms with E-state index in [0.29, 0.717) is 0 Å². The third-order valence-corrected chi connectivity index (χ3v) is 3.23. The summed E-state index contributed by atoms with van der Waals surface area (Å²) in [7, 11) is 0. The lowest BCUT2D eigenvalue weighted by atomic mass is 10.1. The van der Waals surface area contributed by atoms with Crippen molar-refractivity contribution in [3.05, 3.63) is 0 Å². The smallest absolute Gasteiger partial charge is 0.305 e. The second-order valence-electron chi connectivity index (χ2n) is 5.68. The van der Waals surface area contributed by atoms with Crippen LogP contribution in [0.25, 0.3) is 0 Å². The summed E-state index contributed by atoms with van der Waals surface area (Å²) in [4.78, 5) is 56.7. The zero-order chi connectivity index (χ0) is 20.7. The number of hydrogen-bond acceptors (Lipinski definition) is 11. The lowest BCUT2D eigenvalue weighted by Gasteiger charge is -2.27. The molecule has 0 N–H and O–H groups in total. The minimum Gasteiger partial charge on any atom is -0.462 e. The molecule has 0 aliphatic carbocycles. The van der Waals surface area contributed by atoms with Crippen LogP contribution in [0.2, 0.25) is 0 Å². The van der Waals surface area contributed by atoms with Crippen LogP contribution in [-0.2, 0) is 52.4 Å². The molecule has 5 atom stereocenters. The van der Waals surface area contributed by atoms with Crippen molar-refractivity contribution in [2.24, 2.45) is 0 Å². The third-order valence-electron chi connectivity index (χ3n) is 3.23. The molecule has 1 rings (SSSR count). The van der Waals surface area contributed by atoms with Crippen LogP contribution in [-0.4, -0.2) is 67.2 Å². The van der Waals surface area contributed by atoms with Crippen molar-refractivity contribution in [2.75, 3.05) is 6.61 Å². The summed E-state index contributed by atoms with van der Waals surface area (Å²) in [5.74, 6) is -3.62. The number of esters is 5. The molecule has 0 bridgehead atoms. The Labute approximate surface area is 155 Å². The summed E-state index contributed by atoms with van der Waals surface area (Å²) in [6.45, 7) is 5.15. The van der Waals surface area contributed by atoms with Gasteiger partial charge in [-0.1, -0.05) is 0 Å². The molecular weight excluding hydrogens is 368 g/mol. The largest absolute Gasteiger partial charge is 0.462 e. The summed E-state index contributed by atoms with van der Waals surface area (Å²) in [6.07, 6.45) is -6.46. The van der Waals surface area contributed by atoms with Crippen LogP contribution in [0.5, 0.6) is 0 Å². The van der Waals surface area contributed by atoms with Gasteiger partial charge in [-0.3, -0.25) is 24.0 Å². The first-order valence-electron chi connectivity index (χ1n) is 7.99. The first-order chi connectivity index (χ1) is 12.5. The van der Waals surface area contributed by atoms with E-state index >= 15 is 0 Å². The van der Waals surface area contributed by atoms with Gasteiger partial charge < -0.3 is 28.4 Å². The van der Waals surface area contributed by atoms with E-state index in [1.807, 2.05) is 0 Å². The predicted molar refractivity (Wildman–Crippen MR) is 83.7 cm³/mol. The molecule has 11 heteroatoms. The van der Waals surface area contributed by atoms with E-state index in [-0.39, 0.29) is 0 Å². The molecule has 0 saturated carbocycles. The normalized spacial score (nSPS) is 25.1. The molecule has 1 aliphatic heterocycles. The summed E-state index contributed by atoms with van der Waals surface area (Å²) in [5, 5.41) is 0. The minimum atomic E-state index is -1.42. The van der Waals surface area contributed by atoms with Crippen molar-refractivity contribution in [3.8, 4) is 0 Å². The van der Waals surface area contributed by atoms with Crippen LogP contribution in [0, 0.1) is 0 Å². The Kier molecular flexibility index (Phi) is 8.16. The molecule has 0 unspecified atom stereocenters. The van der Waals surface area contributed by atoms with Crippen LogP contribution in [0.15, 0.2) is 0 Å². The Morgan fingerprint density at radius 3 is 1.70 bits per heavy atom. The lowest BCUT2D eigenvalue weighted by Crippen LogP contribution is -2.46. The molecule has 0 spiro atoms. The maximum Gasteiger partial charge on any atom is 0.305 e. The fraction of sp³-hybridized carbons (Fsp3) is 0.688. The summed E-state index contributed by atoms with van der Waals surface area (Å²) in [5.41, 5.74) is 0. The van der Waals surface area contributed by atoms with Gasteiger partial charge in [-0.2, -0.15) is 0 Å². The standard InChI is InChI=1S/C16H22O11/c1-7(17)22-6-12(23-8(2)18)13-14(24-9(3)19)15(25-10(4)20)16(27-13)26-11(5)21/h12-16H,6H2,1-5H3/t12-,13-,14-,15-,16+/m0/s1. The minimum absolute atomic E-state index is 0.420. The highest BCUT2D eigenvalue weighted by molar-refractivity contribution is 5.69. The molecule has 1 fully saturated rings. The van der Waals surface area contributed by atoms with Crippen molar-refractivity contribution in [1.82, 2.24) is 0 Å². The van der Waals surface area contributed by atoms with Crippen LogP contribution >= 0.6 is 0 Å². The average Bonchev–Trinajstić information content (AvgIpc) is 2.79. The number of carbonyl (C=O) groups is 5. The molecular formula is C16H22O11. The molecule has 0 radical (unpaired) electrons. The van der Waals surface area contributed by atoms with Gasteiger partial charge in [-0.05, 0) is 0 Å². The lowest BCUT2D eigenvalue weighted by molar-refractivity contribution is -0.203. The van der Waals surface area contributed by atoms with Crippen LogP contribution in [0.3, 0.4) is 0 Å².